The highest BCUT2D eigenvalue weighted by Gasteiger charge is 2.23. The van der Waals surface area contributed by atoms with Crippen LogP contribution in [0.15, 0.2) is 28.1 Å². The Hall–Kier alpha value is -1.78. The van der Waals surface area contributed by atoms with E-state index in [1.165, 1.54) is 6.07 Å². The van der Waals surface area contributed by atoms with Gasteiger partial charge in [-0.2, -0.15) is 8.75 Å². The predicted molar refractivity (Wildman–Crippen MR) is 85.0 cm³/mol. The zero-order valence-electron chi connectivity index (χ0n) is 12.1. The van der Waals surface area contributed by atoms with E-state index >= 15 is 0 Å². The third-order valence-electron chi connectivity index (χ3n) is 3.36. The van der Waals surface area contributed by atoms with Gasteiger partial charge < -0.3 is 5.32 Å². The van der Waals surface area contributed by atoms with Crippen molar-refractivity contribution >= 4 is 38.7 Å². The van der Waals surface area contributed by atoms with Gasteiger partial charge in [-0.3, -0.25) is 4.90 Å². The van der Waals surface area contributed by atoms with E-state index in [9.17, 15) is 8.42 Å². The van der Waals surface area contributed by atoms with Crippen LogP contribution in [-0.2, 0) is 10.0 Å². The molecule has 1 aliphatic rings. The molecule has 3 rings (SSSR count). The zero-order chi connectivity index (χ0) is 15.7. The number of aromatic nitrogens is 2. The van der Waals surface area contributed by atoms with Crippen molar-refractivity contribution in [3.8, 4) is 0 Å². The highest BCUT2D eigenvalue weighted by atomic mass is 32.2. The molecule has 1 aromatic carbocycles. The minimum absolute atomic E-state index is 0.106. The van der Waals surface area contributed by atoms with Crippen molar-refractivity contribution in [1.82, 2.24) is 23.7 Å². The molecule has 1 aromatic heterocycles. The molecule has 0 spiro atoms. The van der Waals surface area contributed by atoms with Gasteiger partial charge in [-0.05, 0) is 26.0 Å². The van der Waals surface area contributed by atoms with E-state index in [0.29, 0.717) is 30.4 Å². The molecule has 0 unspecified atom stereocenters. The lowest BCUT2D eigenvalue weighted by atomic mass is 10.3. The number of fused-ring (bicyclic) bond motifs is 1. The predicted octanol–water partition coefficient (Wildman–Crippen LogP) is 0.554. The zero-order valence-corrected chi connectivity index (χ0v) is 13.8. The second kappa shape index (κ2) is 5.78. The van der Waals surface area contributed by atoms with E-state index in [-0.39, 0.29) is 10.9 Å². The fourth-order valence-electron chi connectivity index (χ4n) is 2.04. The fraction of sp³-hybridized carbons (Fsp3) is 0.417. The van der Waals surface area contributed by atoms with Crippen molar-refractivity contribution < 1.29 is 8.42 Å². The Bertz CT molecular complexity index is 814. The number of aliphatic imine (C=N–C) groups is 1. The van der Waals surface area contributed by atoms with Crippen LogP contribution in [0.5, 0.6) is 0 Å². The van der Waals surface area contributed by atoms with Crippen LogP contribution in [-0.4, -0.2) is 47.4 Å². The van der Waals surface area contributed by atoms with Gasteiger partial charge in [0.1, 0.15) is 15.9 Å². The topological polar surface area (TPSA) is 99.6 Å². The number of nitrogens with one attached hydrogen (secondary N) is 2. The third kappa shape index (κ3) is 2.89. The maximum Gasteiger partial charge on any atom is 0.266 e. The summed E-state index contributed by atoms with van der Waals surface area (Å²) in [5, 5.41) is 2.97. The van der Waals surface area contributed by atoms with Gasteiger partial charge in [-0.25, -0.2) is 18.1 Å². The van der Waals surface area contributed by atoms with Gasteiger partial charge in [-0.1, -0.05) is 6.07 Å². The summed E-state index contributed by atoms with van der Waals surface area (Å²) in [6.45, 7) is 5.11. The van der Waals surface area contributed by atoms with Crippen molar-refractivity contribution in [2.75, 3.05) is 13.3 Å². The van der Waals surface area contributed by atoms with Crippen molar-refractivity contribution in [1.29, 1.82) is 0 Å². The molecule has 8 nitrogen and oxygen atoms in total. The smallest absolute Gasteiger partial charge is 0.266 e. The lowest BCUT2D eigenvalue weighted by Crippen LogP contribution is -2.51. The van der Waals surface area contributed by atoms with E-state index in [1.807, 2.05) is 0 Å². The van der Waals surface area contributed by atoms with Crippen LogP contribution in [0.3, 0.4) is 0 Å². The SMILES string of the molecule is CC(C)N1CN=C(NS(=O)(=O)c2cccc3nsnc23)NC1. The molecular weight excluding hydrogens is 324 g/mol. The molecule has 2 N–H and O–H groups in total. The van der Waals surface area contributed by atoms with Crippen LogP contribution in [0.1, 0.15) is 13.8 Å². The first-order valence-electron chi connectivity index (χ1n) is 6.74. The number of guanidine groups is 1. The Kier molecular flexibility index (Phi) is 3.98. The first-order valence-corrected chi connectivity index (χ1v) is 8.95. The molecule has 0 saturated heterocycles. The van der Waals surface area contributed by atoms with Crippen LogP contribution in [0.4, 0.5) is 0 Å². The first-order chi connectivity index (χ1) is 10.5. The van der Waals surface area contributed by atoms with Gasteiger partial charge >= 0.3 is 0 Å². The second-order valence-corrected chi connectivity index (χ2v) is 7.34. The van der Waals surface area contributed by atoms with E-state index < -0.39 is 10.0 Å². The molecule has 118 valence electrons. The second-order valence-electron chi connectivity index (χ2n) is 5.16. The summed E-state index contributed by atoms with van der Waals surface area (Å²) in [5.41, 5.74) is 0.942. The average molecular weight is 340 g/mol. The highest BCUT2D eigenvalue weighted by Crippen LogP contribution is 2.20. The maximum absolute atomic E-state index is 12.5. The van der Waals surface area contributed by atoms with Gasteiger partial charge in [0.25, 0.3) is 10.0 Å². The maximum atomic E-state index is 12.5. The van der Waals surface area contributed by atoms with Crippen LogP contribution in [0, 0.1) is 0 Å². The molecule has 0 radical (unpaired) electrons. The molecule has 2 heterocycles. The fourth-order valence-corrected chi connectivity index (χ4v) is 3.81. The quantitative estimate of drug-likeness (QED) is 0.847. The van der Waals surface area contributed by atoms with Gasteiger partial charge in [0, 0.05) is 6.04 Å². The standard InChI is InChI=1S/C12H16N6O2S2/c1-8(2)18-6-13-12(14-7-18)17-22(19,20)10-5-3-4-9-11(10)16-21-15-9/h3-5,8H,6-7H2,1-2H3,(H2,13,14,17). The summed E-state index contributed by atoms with van der Waals surface area (Å²) in [4.78, 5) is 6.40. The van der Waals surface area contributed by atoms with Crippen LogP contribution in [0.2, 0.25) is 0 Å². The van der Waals surface area contributed by atoms with Gasteiger partial charge in [0.05, 0.1) is 25.1 Å². The summed E-state index contributed by atoms with van der Waals surface area (Å²) < 4.78 is 35.6. The average Bonchev–Trinajstić information content (AvgIpc) is 2.95. The van der Waals surface area contributed by atoms with Crippen molar-refractivity contribution in [2.24, 2.45) is 4.99 Å². The Balaban J connectivity index is 1.84. The van der Waals surface area contributed by atoms with Gasteiger partial charge in [-0.15, -0.1) is 0 Å². The number of nitrogens with zero attached hydrogens (tertiary/aromatic N) is 4. The number of sulfonamides is 1. The van der Waals surface area contributed by atoms with Crippen LogP contribution < -0.4 is 10.0 Å². The third-order valence-corrected chi connectivity index (χ3v) is 5.27. The minimum atomic E-state index is -3.75. The molecule has 0 atom stereocenters. The van der Waals surface area contributed by atoms with Gasteiger partial charge in [0.15, 0.2) is 0 Å². The number of hydrogen-bond donors (Lipinski definition) is 2. The molecule has 1 aliphatic heterocycles. The van der Waals surface area contributed by atoms with Crippen LogP contribution >= 0.6 is 11.7 Å². The van der Waals surface area contributed by atoms with Crippen molar-refractivity contribution in [3.05, 3.63) is 18.2 Å². The van der Waals surface area contributed by atoms with Crippen molar-refractivity contribution in [2.45, 2.75) is 24.8 Å². The van der Waals surface area contributed by atoms with Crippen molar-refractivity contribution in [3.63, 3.8) is 0 Å². The molecule has 0 bridgehead atoms. The Morgan fingerprint density at radius 3 is 2.86 bits per heavy atom. The molecule has 0 fully saturated rings. The minimum Gasteiger partial charge on any atom is -0.343 e. The molecule has 10 heteroatoms. The van der Waals surface area contributed by atoms with E-state index in [1.54, 1.807) is 12.1 Å². The Labute approximate surface area is 132 Å². The van der Waals surface area contributed by atoms with E-state index in [0.717, 1.165) is 11.7 Å². The Morgan fingerprint density at radius 2 is 2.18 bits per heavy atom. The number of hydrogen-bond acceptors (Lipinski definition) is 8. The lowest BCUT2D eigenvalue weighted by Gasteiger charge is -2.29. The summed E-state index contributed by atoms with van der Waals surface area (Å²) in [7, 11) is -3.75. The number of benzene rings is 1. The summed E-state index contributed by atoms with van der Waals surface area (Å²) >= 11 is 0.988. The lowest BCUT2D eigenvalue weighted by molar-refractivity contribution is 0.213. The highest BCUT2D eigenvalue weighted by molar-refractivity contribution is 7.90. The number of rotatable bonds is 3. The molecule has 0 amide bonds. The molecular formula is C12H16N6O2S2. The molecule has 0 aliphatic carbocycles. The monoisotopic (exact) mass is 340 g/mol. The normalized spacial score (nSPS) is 16.6. The largest absolute Gasteiger partial charge is 0.343 e. The van der Waals surface area contributed by atoms with Crippen LogP contribution in [0.25, 0.3) is 11.0 Å². The van der Waals surface area contributed by atoms with E-state index in [2.05, 4.69) is 42.5 Å². The summed E-state index contributed by atoms with van der Waals surface area (Å²) in [6.07, 6.45) is 0. The molecule has 2 aromatic rings. The first kappa shape index (κ1) is 15.1. The Morgan fingerprint density at radius 1 is 1.36 bits per heavy atom. The molecule has 22 heavy (non-hydrogen) atoms. The van der Waals surface area contributed by atoms with Gasteiger partial charge in [0.2, 0.25) is 5.96 Å². The van der Waals surface area contributed by atoms with E-state index in [4.69, 9.17) is 0 Å². The summed E-state index contributed by atoms with van der Waals surface area (Å²) in [6, 6.07) is 5.23. The molecule has 0 saturated carbocycles. The summed E-state index contributed by atoms with van der Waals surface area (Å²) in [5.74, 6) is 0.247.